The third-order valence-electron chi connectivity index (χ3n) is 3.07. The summed E-state index contributed by atoms with van der Waals surface area (Å²) in [5.74, 6) is 0.322. The first-order valence-electron chi connectivity index (χ1n) is 6.73. The Morgan fingerprint density at radius 2 is 2.09 bits per heavy atom. The molecular formula is C17H15ClN2O2. The highest BCUT2D eigenvalue weighted by Crippen LogP contribution is 2.23. The summed E-state index contributed by atoms with van der Waals surface area (Å²) >= 11 is 5.89. The summed E-state index contributed by atoms with van der Waals surface area (Å²) < 4.78 is 5.65. The fourth-order valence-corrected chi connectivity index (χ4v) is 2.13. The van der Waals surface area contributed by atoms with Crippen LogP contribution in [0.1, 0.15) is 18.1 Å². The molecule has 0 bridgehead atoms. The van der Waals surface area contributed by atoms with Crippen LogP contribution in [0, 0.1) is 18.3 Å². The zero-order chi connectivity index (χ0) is 16.1. The molecule has 0 aromatic heterocycles. The smallest absolute Gasteiger partial charge is 0.265 e. The topological polar surface area (TPSA) is 62.1 Å². The minimum Gasteiger partial charge on any atom is -0.481 e. The lowest BCUT2D eigenvalue weighted by Gasteiger charge is -2.16. The van der Waals surface area contributed by atoms with Crippen molar-refractivity contribution in [2.24, 2.45) is 0 Å². The summed E-state index contributed by atoms with van der Waals surface area (Å²) in [5.41, 5.74) is 1.91. The lowest BCUT2D eigenvalue weighted by atomic mass is 10.2. The van der Waals surface area contributed by atoms with Crippen LogP contribution in [0.2, 0.25) is 5.02 Å². The maximum absolute atomic E-state index is 12.1. The van der Waals surface area contributed by atoms with Gasteiger partial charge >= 0.3 is 0 Å². The molecule has 1 N–H and O–H groups in total. The quantitative estimate of drug-likeness (QED) is 0.930. The fraction of sp³-hybridized carbons (Fsp3) is 0.176. The molecule has 2 aromatic rings. The van der Waals surface area contributed by atoms with Crippen molar-refractivity contribution in [2.75, 3.05) is 5.32 Å². The molecule has 0 aliphatic carbocycles. The van der Waals surface area contributed by atoms with E-state index >= 15 is 0 Å². The Morgan fingerprint density at radius 1 is 1.32 bits per heavy atom. The zero-order valence-corrected chi connectivity index (χ0v) is 13.0. The fourth-order valence-electron chi connectivity index (χ4n) is 1.90. The lowest BCUT2D eigenvalue weighted by molar-refractivity contribution is -0.122. The van der Waals surface area contributed by atoms with Gasteiger partial charge in [0.2, 0.25) is 0 Å². The monoisotopic (exact) mass is 314 g/mol. The third-order valence-corrected chi connectivity index (χ3v) is 3.30. The Bertz CT molecular complexity index is 738. The van der Waals surface area contributed by atoms with Crippen molar-refractivity contribution >= 4 is 23.2 Å². The summed E-state index contributed by atoms with van der Waals surface area (Å²) in [6.45, 7) is 3.53. The Kier molecular flexibility index (Phi) is 5.03. The van der Waals surface area contributed by atoms with E-state index in [4.69, 9.17) is 21.6 Å². The number of hydrogen-bond donors (Lipinski definition) is 1. The van der Waals surface area contributed by atoms with Crippen molar-refractivity contribution in [1.82, 2.24) is 0 Å². The molecule has 1 unspecified atom stereocenters. The van der Waals surface area contributed by atoms with Crippen molar-refractivity contribution in [3.05, 3.63) is 58.6 Å². The molecule has 22 heavy (non-hydrogen) atoms. The van der Waals surface area contributed by atoms with Gasteiger partial charge < -0.3 is 10.1 Å². The molecule has 4 nitrogen and oxygen atoms in total. The molecule has 2 aromatic carbocycles. The van der Waals surface area contributed by atoms with Crippen molar-refractivity contribution in [3.63, 3.8) is 0 Å². The number of carbonyl (C=O) groups excluding carboxylic acids is 1. The number of nitrogens with one attached hydrogen (secondary N) is 1. The van der Waals surface area contributed by atoms with Gasteiger partial charge in [-0.05, 0) is 55.8 Å². The van der Waals surface area contributed by atoms with Gasteiger partial charge in [-0.25, -0.2) is 0 Å². The van der Waals surface area contributed by atoms with Gasteiger partial charge in [-0.3, -0.25) is 4.79 Å². The molecule has 0 saturated carbocycles. The van der Waals surface area contributed by atoms with E-state index in [0.29, 0.717) is 22.0 Å². The van der Waals surface area contributed by atoms with E-state index in [1.165, 1.54) is 0 Å². The molecule has 2 rings (SSSR count). The minimum absolute atomic E-state index is 0.288. The number of aryl methyl sites for hydroxylation is 1. The number of anilines is 1. The van der Waals surface area contributed by atoms with Crippen LogP contribution in [0.15, 0.2) is 42.5 Å². The van der Waals surface area contributed by atoms with Crippen LogP contribution in [0.4, 0.5) is 5.69 Å². The molecule has 5 heteroatoms. The molecule has 0 spiro atoms. The van der Waals surface area contributed by atoms with Crippen molar-refractivity contribution in [2.45, 2.75) is 20.0 Å². The largest absolute Gasteiger partial charge is 0.481 e. The first-order valence-corrected chi connectivity index (χ1v) is 7.11. The number of halogens is 1. The lowest BCUT2D eigenvalue weighted by Crippen LogP contribution is -2.30. The molecular weight excluding hydrogens is 300 g/mol. The first-order chi connectivity index (χ1) is 10.5. The Labute approximate surface area is 134 Å². The average Bonchev–Trinajstić information content (AvgIpc) is 2.50. The van der Waals surface area contributed by atoms with Gasteiger partial charge in [-0.15, -0.1) is 0 Å². The van der Waals surface area contributed by atoms with E-state index in [0.717, 1.165) is 5.56 Å². The highest BCUT2D eigenvalue weighted by atomic mass is 35.5. The van der Waals surface area contributed by atoms with Crippen LogP contribution in [0.25, 0.3) is 0 Å². The number of ether oxygens (including phenoxy) is 1. The van der Waals surface area contributed by atoms with Gasteiger partial charge in [0.1, 0.15) is 5.75 Å². The standard InChI is InChI=1S/C17H15ClN2O2/c1-11-8-14(18)6-7-16(11)22-12(2)17(21)20-15-5-3-4-13(9-15)10-19/h3-9,12H,1-2H3,(H,20,21). The Balaban J connectivity index is 2.04. The molecule has 0 radical (unpaired) electrons. The molecule has 112 valence electrons. The maximum atomic E-state index is 12.1. The highest BCUT2D eigenvalue weighted by Gasteiger charge is 2.16. The number of hydrogen-bond acceptors (Lipinski definition) is 3. The Morgan fingerprint density at radius 3 is 2.77 bits per heavy atom. The van der Waals surface area contributed by atoms with Crippen LogP contribution in [-0.2, 0) is 4.79 Å². The normalized spacial score (nSPS) is 11.4. The number of nitriles is 1. The van der Waals surface area contributed by atoms with Crippen molar-refractivity contribution in [3.8, 4) is 11.8 Å². The van der Waals surface area contributed by atoms with E-state index in [-0.39, 0.29) is 5.91 Å². The molecule has 1 amide bonds. The van der Waals surface area contributed by atoms with E-state index < -0.39 is 6.10 Å². The van der Waals surface area contributed by atoms with Crippen molar-refractivity contribution < 1.29 is 9.53 Å². The summed E-state index contributed by atoms with van der Waals surface area (Å²) in [6.07, 6.45) is -0.675. The van der Waals surface area contributed by atoms with Crippen LogP contribution < -0.4 is 10.1 Å². The van der Waals surface area contributed by atoms with E-state index in [2.05, 4.69) is 5.32 Å². The number of carbonyl (C=O) groups is 1. The van der Waals surface area contributed by atoms with Gasteiger partial charge in [0.25, 0.3) is 5.91 Å². The van der Waals surface area contributed by atoms with Gasteiger partial charge in [-0.2, -0.15) is 5.26 Å². The van der Waals surface area contributed by atoms with E-state index in [9.17, 15) is 4.79 Å². The van der Waals surface area contributed by atoms with Crippen LogP contribution in [0.5, 0.6) is 5.75 Å². The van der Waals surface area contributed by atoms with Gasteiger partial charge in [0.15, 0.2) is 6.10 Å². The minimum atomic E-state index is -0.675. The second kappa shape index (κ2) is 6.97. The third kappa shape index (κ3) is 4.00. The summed E-state index contributed by atoms with van der Waals surface area (Å²) in [4.78, 5) is 12.1. The molecule has 1 atom stereocenters. The van der Waals surface area contributed by atoms with Gasteiger partial charge in [-0.1, -0.05) is 17.7 Å². The number of nitrogens with zero attached hydrogens (tertiary/aromatic N) is 1. The number of benzene rings is 2. The van der Waals surface area contributed by atoms with E-state index in [1.54, 1.807) is 49.4 Å². The van der Waals surface area contributed by atoms with Crippen LogP contribution in [0.3, 0.4) is 0 Å². The average molecular weight is 315 g/mol. The van der Waals surface area contributed by atoms with Crippen LogP contribution in [-0.4, -0.2) is 12.0 Å². The second-order valence-corrected chi connectivity index (χ2v) is 5.29. The van der Waals surface area contributed by atoms with E-state index in [1.807, 2.05) is 13.0 Å². The molecule has 0 aliphatic heterocycles. The summed E-state index contributed by atoms with van der Waals surface area (Å²) in [6, 6.07) is 14.0. The number of rotatable bonds is 4. The highest BCUT2D eigenvalue weighted by molar-refractivity contribution is 6.30. The predicted octanol–water partition coefficient (Wildman–Crippen LogP) is 3.93. The van der Waals surface area contributed by atoms with Crippen molar-refractivity contribution in [1.29, 1.82) is 5.26 Å². The van der Waals surface area contributed by atoms with Gasteiger partial charge in [0, 0.05) is 10.7 Å². The Hall–Kier alpha value is -2.51. The first kappa shape index (κ1) is 15.9. The SMILES string of the molecule is Cc1cc(Cl)ccc1OC(C)C(=O)Nc1cccc(C#N)c1. The van der Waals surface area contributed by atoms with Crippen LogP contribution >= 0.6 is 11.6 Å². The molecule has 0 saturated heterocycles. The zero-order valence-electron chi connectivity index (χ0n) is 12.3. The summed E-state index contributed by atoms with van der Waals surface area (Å²) in [7, 11) is 0. The maximum Gasteiger partial charge on any atom is 0.265 e. The molecule has 0 fully saturated rings. The predicted molar refractivity (Wildman–Crippen MR) is 86.1 cm³/mol. The molecule has 0 heterocycles. The summed E-state index contributed by atoms with van der Waals surface area (Å²) in [5, 5.41) is 12.2. The number of amides is 1. The van der Waals surface area contributed by atoms with Gasteiger partial charge in [0.05, 0.1) is 11.6 Å². The second-order valence-electron chi connectivity index (χ2n) is 4.85. The molecule has 0 aliphatic rings.